The van der Waals surface area contributed by atoms with Crippen LogP contribution in [0.4, 0.5) is 0 Å². The monoisotopic (exact) mass is 342 g/mol. The summed E-state index contributed by atoms with van der Waals surface area (Å²) in [7, 11) is 0. The summed E-state index contributed by atoms with van der Waals surface area (Å²) in [6, 6.07) is 7.81. The zero-order valence-corrected chi connectivity index (χ0v) is 15.0. The van der Waals surface area contributed by atoms with Gasteiger partial charge in [0.15, 0.2) is 0 Å². The van der Waals surface area contributed by atoms with Crippen LogP contribution >= 0.6 is 0 Å². The molecule has 2 aliphatic heterocycles. The van der Waals surface area contributed by atoms with Gasteiger partial charge in [0.2, 0.25) is 11.8 Å². The van der Waals surface area contributed by atoms with E-state index in [1.165, 1.54) is 6.42 Å². The maximum atomic E-state index is 12.9. The molecule has 2 saturated heterocycles. The van der Waals surface area contributed by atoms with Crippen molar-refractivity contribution in [2.24, 2.45) is 11.8 Å². The predicted octanol–water partition coefficient (Wildman–Crippen LogP) is 2.54. The molecule has 5 nitrogen and oxygen atoms in total. The van der Waals surface area contributed by atoms with Crippen LogP contribution in [0.15, 0.2) is 24.3 Å². The molecule has 0 bridgehead atoms. The molecule has 0 spiro atoms. The van der Waals surface area contributed by atoms with Crippen molar-refractivity contribution in [2.45, 2.75) is 52.0 Å². The van der Waals surface area contributed by atoms with E-state index in [1.54, 1.807) is 0 Å². The Hall–Kier alpha value is -2.17. The van der Waals surface area contributed by atoms with Crippen LogP contribution in [0.5, 0.6) is 0 Å². The molecule has 0 aliphatic carbocycles. The van der Waals surface area contributed by atoms with Gasteiger partial charge < -0.3 is 4.90 Å². The van der Waals surface area contributed by atoms with E-state index in [0.29, 0.717) is 23.9 Å². The van der Waals surface area contributed by atoms with Gasteiger partial charge in [-0.2, -0.15) is 0 Å². The highest BCUT2D eigenvalue weighted by Gasteiger charge is 2.31. The normalized spacial score (nSPS) is 23.9. The van der Waals surface area contributed by atoms with E-state index in [2.05, 4.69) is 19.2 Å². The summed E-state index contributed by atoms with van der Waals surface area (Å²) in [5.74, 6) is -0.132. The van der Waals surface area contributed by atoms with Crippen molar-refractivity contribution in [1.29, 1.82) is 0 Å². The summed E-state index contributed by atoms with van der Waals surface area (Å²) in [4.78, 5) is 37.9. The molecule has 3 amide bonds. The highest BCUT2D eigenvalue weighted by atomic mass is 16.2. The van der Waals surface area contributed by atoms with Crippen molar-refractivity contribution in [3.63, 3.8) is 0 Å². The van der Waals surface area contributed by atoms with Crippen LogP contribution in [-0.2, 0) is 16.0 Å². The first-order valence-electron chi connectivity index (χ1n) is 9.19. The van der Waals surface area contributed by atoms with Crippen LogP contribution in [0.3, 0.4) is 0 Å². The van der Waals surface area contributed by atoms with Gasteiger partial charge in [0, 0.05) is 24.6 Å². The molecule has 1 aromatic carbocycles. The van der Waals surface area contributed by atoms with E-state index >= 15 is 0 Å². The molecule has 0 saturated carbocycles. The van der Waals surface area contributed by atoms with Gasteiger partial charge in [-0.3, -0.25) is 19.7 Å². The van der Waals surface area contributed by atoms with Gasteiger partial charge in [0.25, 0.3) is 5.91 Å². The Bertz CT molecular complexity index is 666. The first-order chi connectivity index (χ1) is 12.0. The lowest BCUT2D eigenvalue weighted by Crippen LogP contribution is -2.46. The second-order valence-electron chi connectivity index (χ2n) is 7.52. The molecule has 1 aromatic rings. The van der Waals surface area contributed by atoms with Crippen molar-refractivity contribution < 1.29 is 14.4 Å². The van der Waals surface area contributed by atoms with Crippen molar-refractivity contribution >= 4 is 17.7 Å². The third kappa shape index (κ3) is 3.91. The Kier molecular flexibility index (Phi) is 5.21. The smallest absolute Gasteiger partial charge is 0.254 e. The summed E-state index contributed by atoms with van der Waals surface area (Å²) in [6.07, 6.45) is 4.12. The van der Waals surface area contributed by atoms with E-state index in [4.69, 9.17) is 0 Å². The maximum Gasteiger partial charge on any atom is 0.254 e. The average Bonchev–Trinajstić information content (AvgIpc) is 2.92. The number of hydrogen-bond acceptors (Lipinski definition) is 3. The number of imide groups is 1. The van der Waals surface area contributed by atoms with Crippen LogP contribution in [-0.4, -0.2) is 35.2 Å². The molecular weight excluding hydrogens is 316 g/mol. The number of rotatable bonds is 4. The fourth-order valence-electron chi connectivity index (χ4n) is 3.91. The van der Waals surface area contributed by atoms with Crippen LogP contribution in [0.1, 0.15) is 55.5 Å². The van der Waals surface area contributed by atoms with Gasteiger partial charge in [-0.15, -0.1) is 0 Å². The number of amides is 3. The Balaban J connectivity index is 1.68. The molecule has 1 N–H and O–H groups in total. The van der Waals surface area contributed by atoms with Gasteiger partial charge in [0.05, 0.1) is 5.92 Å². The number of nitrogens with zero attached hydrogens (tertiary/aromatic N) is 1. The zero-order valence-electron chi connectivity index (χ0n) is 15.0. The number of benzene rings is 1. The topological polar surface area (TPSA) is 66.5 Å². The molecule has 3 rings (SSSR count). The first-order valence-corrected chi connectivity index (χ1v) is 9.19. The van der Waals surface area contributed by atoms with Crippen molar-refractivity contribution in [2.75, 3.05) is 6.54 Å². The Morgan fingerprint density at radius 2 is 1.92 bits per heavy atom. The molecular formula is C20H26N2O3. The molecule has 2 aliphatic rings. The van der Waals surface area contributed by atoms with Crippen molar-refractivity contribution in [3.8, 4) is 0 Å². The summed E-state index contributed by atoms with van der Waals surface area (Å²) < 4.78 is 0. The number of carbonyl (C=O) groups excluding carboxylic acids is 3. The third-order valence-electron chi connectivity index (χ3n) is 5.33. The van der Waals surface area contributed by atoms with Gasteiger partial charge in [-0.25, -0.2) is 0 Å². The number of nitrogens with one attached hydrogen (secondary N) is 1. The minimum Gasteiger partial charge on any atom is -0.335 e. The van der Waals surface area contributed by atoms with Crippen molar-refractivity contribution in [3.05, 3.63) is 35.4 Å². The summed E-state index contributed by atoms with van der Waals surface area (Å²) in [5.41, 5.74) is 1.67. The quantitative estimate of drug-likeness (QED) is 0.855. The molecule has 2 fully saturated rings. The Labute approximate surface area is 148 Å². The zero-order chi connectivity index (χ0) is 18.0. The molecule has 0 aromatic heterocycles. The highest BCUT2D eigenvalue weighted by molar-refractivity contribution is 6.03. The minimum atomic E-state index is -0.290. The van der Waals surface area contributed by atoms with Crippen LogP contribution < -0.4 is 5.32 Å². The number of carbonyl (C=O) groups is 3. The minimum absolute atomic E-state index is 0.0961. The number of hydrogen-bond donors (Lipinski definition) is 1. The summed E-state index contributed by atoms with van der Waals surface area (Å²) in [6.45, 7) is 5.17. The first kappa shape index (κ1) is 17.6. The lowest BCUT2D eigenvalue weighted by Gasteiger charge is -2.38. The van der Waals surface area contributed by atoms with Crippen LogP contribution in [0.25, 0.3) is 0 Å². The third-order valence-corrected chi connectivity index (χ3v) is 5.33. The van der Waals surface area contributed by atoms with E-state index in [9.17, 15) is 14.4 Å². The van der Waals surface area contributed by atoms with E-state index < -0.39 is 0 Å². The molecule has 2 heterocycles. The molecule has 0 radical (unpaired) electrons. The second-order valence-corrected chi connectivity index (χ2v) is 7.52. The average molecular weight is 342 g/mol. The molecule has 2 atom stereocenters. The summed E-state index contributed by atoms with van der Waals surface area (Å²) >= 11 is 0. The standard InChI is InChI=1S/C20H26N2O3/c1-13(2)17-5-3-4-10-22(17)20(25)15-8-6-14(7-9-15)11-16-12-18(23)21-19(16)24/h6-9,13,16-17H,3-5,10-12H2,1-2H3,(H,21,23,24)/t16-,17+/m0/s1. The number of likely N-dealkylation sites (tertiary alicyclic amines) is 1. The molecule has 25 heavy (non-hydrogen) atoms. The lowest BCUT2D eigenvalue weighted by molar-refractivity contribution is -0.125. The van der Waals surface area contributed by atoms with Crippen molar-refractivity contribution in [1.82, 2.24) is 10.2 Å². The molecule has 0 unspecified atom stereocenters. The largest absolute Gasteiger partial charge is 0.335 e. The molecule has 5 heteroatoms. The fraction of sp³-hybridized carbons (Fsp3) is 0.550. The summed E-state index contributed by atoms with van der Waals surface area (Å²) in [5, 5.41) is 2.34. The van der Waals surface area contributed by atoms with E-state index in [1.807, 2.05) is 29.2 Å². The number of piperidine rings is 1. The van der Waals surface area contributed by atoms with Crippen LogP contribution in [0, 0.1) is 11.8 Å². The van der Waals surface area contributed by atoms with E-state index in [-0.39, 0.29) is 30.1 Å². The fourth-order valence-corrected chi connectivity index (χ4v) is 3.91. The second kappa shape index (κ2) is 7.38. The maximum absolute atomic E-state index is 12.9. The lowest BCUT2D eigenvalue weighted by atomic mass is 9.92. The Morgan fingerprint density at radius 3 is 2.52 bits per heavy atom. The van der Waals surface area contributed by atoms with Gasteiger partial charge in [-0.05, 0) is 49.3 Å². The highest BCUT2D eigenvalue weighted by Crippen LogP contribution is 2.25. The molecule has 134 valence electrons. The van der Waals surface area contributed by atoms with Gasteiger partial charge in [0.1, 0.15) is 0 Å². The van der Waals surface area contributed by atoms with Gasteiger partial charge >= 0.3 is 0 Å². The van der Waals surface area contributed by atoms with E-state index in [0.717, 1.165) is 24.9 Å². The Morgan fingerprint density at radius 1 is 1.20 bits per heavy atom. The van der Waals surface area contributed by atoms with Crippen LogP contribution in [0.2, 0.25) is 0 Å². The SMILES string of the molecule is CC(C)[C@H]1CCCCN1C(=O)c1ccc(C[C@H]2CC(=O)NC2=O)cc1. The predicted molar refractivity (Wildman–Crippen MR) is 94.9 cm³/mol. The van der Waals surface area contributed by atoms with Gasteiger partial charge in [-0.1, -0.05) is 26.0 Å².